The van der Waals surface area contributed by atoms with E-state index in [4.69, 9.17) is 4.74 Å². The molecule has 0 spiro atoms. The molecule has 0 saturated heterocycles. The van der Waals surface area contributed by atoms with Gasteiger partial charge in [0.1, 0.15) is 4.60 Å². The van der Waals surface area contributed by atoms with Crippen molar-refractivity contribution in [1.82, 2.24) is 4.98 Å². The van der Waals surface area contributed by atoms with Crippen LogP contribution in [0.4, 0.5) is 4.39 Å². The van der Waals surface area contributed by atoms with Gasteiger partial charge in [-0.25, -0.2) is 4.98 Å². The van der Waals surface area contributed by atoms with Crippen molar-refractivity contribution in [2.24, 2.45) is 0 Å². The summed E-state index contributed by atoms with van der Waals surface area (Å²) in [5.41, 5.74) is 0. The van der Waals surface area contributed by atoms with E-state index in [-0.39, 0.29) is 0 Å². The van der Waals surface area contributed by atoms with Gasteiger partial charge in [0, 0.05) is 0 Å². The number of rotatable bonds is 3. The molecule has 72 valence electrons. The number of halogens is 2. The van der Waals surface area contributed by atoms with Gasteiger partial charge in [0.15, 0.2) is 5.75 Å². The minimum atomic E-state index is -1.40. The fourth-order valence-corrected chi connectivity index (χ4v) is 1.80. The van der Waals surface area contributed by atoms with Crippen molar-refractivity contribution in [3.8, 4) is 5.75 Å². The first-order chi connectivity index (χ1) is 6.13. The first-order valence-corrected chi connectivity index (χ1v) is 6.09. The maximum absolute atomic E-state index is 12.4. The third-order valence-electron chi connectivity index (χ3n) is 1.24. The number of alkyl halides is 1. The van der Waals surface area contributed by atoms with Gasteiger partial charge in [-0.15, -0.1) is 11.8 Å². The third kappa shape index (κ3) is 3.41. The van der Waals surface area contributed by atoms with E-state index < -0.39 is 6.10 Å². The molecule has 0 N–H and O–H groups in total. The summed E-state index contributed by atoms with van der Waals surface area (Å²) in [6, 6.07) is 3.46. The van der Waals surface area contributed by atoms with Gasteiger partial charge in [0.2, 0.25) is 6.10 Å². The van der Waals surface area contributed by atoms with Crippen molar-refractivity contribution in [3.63, 3.8) is 0 Å². The SMILES string of the molecule is CSc1ccc(OC(F)P)c(Br)n1. The van der Waals surface area contributed by atoms with Crippen LogP contribution in [0.5, 0.6) is 5.75 Å². The van der Waals surface area contributed by atoms with E-state index in [1.165, 1.54) is 11.8 Å². The monoisotopic (exact) mass is 283 g/mol. The van der Waals surface area contributed by atoms with Crippen LogP contribution in [-0.4, -0.2) is 17.3 Å². The van der Waals surface area contributed by atoms with Crippen LogP contribution in [-0.2, 0) is 0 Å². The molecule has 2 nitrogen and oxygen atoms in total. The molecule has 0 bridgehead atoms. The molecule has 13 heavy (non-hydrogen) atoms. The number of thioether (sulfide) groups is 1. The average molecular weight is 284 g/mol. The fourth-order valence-electron chi connectivity index (χ4n) is 0.728. The molecule has 0 radical (unpaired) electrons. The number of hydrogen-bond donors (Lipinski definition) is 0. The van der Waals surface area contributed by atoms with Gasteiger partial charge < -0.3 is 4.74 Å². The van der Waals surface area contributed by atoms with E-state index in [0.29, 0.717) is 10.4 Å². The summed E-state index contributed by atoms with van der Waals surface area (Å²) >= 11 is 4.71. The second kappa shape index (κ2) is 5.13. The minimum absolute atomic E-state index is 0.403. The highest BCUT2D eigenvalue weighted by atomic mass is 79.9. The lowest BCUT2D eigenvalue weighted by Crippen LogP contribution is -2.01. The van der Waals surface area contributed by atoms with Crippen LogP contribution in [0.25, 0.3) is 0 Å². The molecule has 1 aromatic rings. The van der Waals surface area contributed by atoms with Gasteiger partial charge >= 0.3 is 0 Å². The molecule has 2 unspecified atom stereocenters. The number of nitrogens with zero attached hydrogens (tertiary/aromatic N) is 1. The van der Waals surface area contributed by atoms with E-state index in [0.717, 1.165) is 5.03 Å². The lowest BCUT2D eigenvalue weighted by molar-refractivity contribution is 0.151. The zero-order chi connectivity index (χ0) is 9.84. The fraction of sp³-hybridized carbons (Fsp3) is 0.286. The Kier molecular flexibility index (Phi) is 4.42. The molecule has 2 atom stereocenters. The van der Waals surface area contributed by atoms with Crippen LogP contribution < -0.4 is 4.74 Å². The van der Waals surface area contributed by atoms with Gasteiger partial charge in [-0.2, -0.15) is 4.39 Å². The standard InChI is InChI=1S/C7H8BrFNOPS/c1-13-5-3-2-4(6(8)10-5)11-7(9)12/h2-3,7H,12H2,1H3. The largest absolute Gasteiger partial charge is 0.455 e. The van der Waals surface area contributed by atoms with Crippen molar-refractivity contribution in [2.45, 2.75) is 11.1 Å². The molecule has 0 aromatic carbocycles. The van der Waals surface area contributed by atoms with Gasteiger partial charge in [0.05, 0.1) is 5.03 Å². The Morgan fingerprint density at radius 2 is 2.38 bits per heavy atom. The first kappa shape index (κ1) is 11.2. The van der Waals surface area contributed by atoms with Crippen LogP contribution in [0, 0.1) is 0 Å². The Morgan fingerprint density at radius 1 is 1.69 bits per heavy atom. The van der Waals surface area contributed by atoms with E-state index in [1.54, 1.807) is 12.1 Å². The number of hydrogen-bond acceptors (Lipinski definition) is 3. The molecule has 1 aromatic heterocycles. The molecule has 0 aliphatic rings. The molecular weight excluding hydrogens is 276 g/mol. The molecule has 1 heterocycles. The van der Waals surface area contributed by atoms with Gasteiger partial charge in [-0.1, -0.05) is 9.24 Å². The molecule has 0 aliphatic carbocycles. The predicted molar refractivity (Wildman–Crippen MR) is 59.0 cm³/mol. The second-order valence-corrected chi connectivity index (χ2v) is 4.21. The van der Waals surface area contributed by atoms with Crippen LogP contribution in [0.15, 0.2) is 21.8 Å². The van der Waals surface area contributed by atoms with Crippen molar-refractivity contribution >= 4 is 36.9 Å². The molecule has 1 rings (SSSR count). The molecular formula is C7H8BrFNOPS. The lowest BCUT2D eigenvalue weighted by atomic mass is 10.5. The van der Waals surface area contributed by atoms with E-state index in [9.17, 15) is 4.39 Å². The Balaban J connectivity index is 2.85. The van der Waals surface area contributed by atoms with E-state index >= 15 is 0 Å². The summed E-state index contributed by atoms with van der Waals surface area (Å²) < 4.78 is 17.8. The second-order valence-electron chi connectivity index (χ2n) is 2.11. The first-order valence-electron chi connectivity index (χ1n) is 3.40. The molecule has 0 amide bonds. The molecule has 0 saturated carbocycles. The molecule has 0 aliphatic heterocycles. The molecule has 0 fully saturated rings. The normalized spacial score (nSPS) is 12.6. The summed E-state index contributed by atoms with van der Waals surface area (Å²) in [6.45, 7) is 0. The zero-order valence-corrected chi connectivity index (χ0v) is 10.4. The highest BCUT2D eigenvalue weighted by molar-refractivity contribution is 9.10. The smallest absolute Gasteiger partial charge is 0.249 e. The summed E-state index contributed by atoms with van der Waals surface area (Å²) in [5, 5.41) is 0.860. The topological polar surface area (TPSA) is 22.1 Å². The Morgan fingerprint density at radius 3 is 2.85 bits per heavy atom. The Labute approximate surface area is 91.0 Å². The van der Waals surface area contributed by atoms with Crippen molar-refractivity contribution in [1.29, 1.82) is 0 Å². The van der Waals surface area contributed by atoms with E-state index in [1.807, 2.05) is 15.5 Å². The lowest BCUT2D eigenvalue weighted by Gasteiger charge is -2.08. The maximum Gasteiger partial charge on any atom is 0.249 e. The summed E-state index contributed by atoms with van der Waals surface area (Å²) in [4.78, 5) is 4.12. The zero-order valence-electron chi connectivity index (χ0n) is 6.83. The maximum atomic E-state index is 12.4. The average Bonchev–Trinajstić information content (AvgIpc) is 2.08. The Bertz CT molecular complexity index is 300. The van der Waals surface area contributed by atoms with Gasteiger partial charge in [-0.3, -0.25) is 0 Å². The Hall–Kier alpha value is 0.140. The highest BCUT2D eigenvalue weighted by Gasteiger charge is 2.06. The van der Waals surface area contributed by atoms with Crippen molar-refractivity contribution in [3.05, 3.63) is 16.7 Å². The quantitative estimate of drug-likeness (QED) is 0.484. The highest BCUT2D eigenvalue weighted by Crippen LogP contribution is 2.27. The minimum Gasteiger partial charge on any atom is -0.455 e. The van der Waals surface area contributed by atoms with Crippen LogP contribution in [0.2, 0.25) is 0 Å². The third-order valence-corrected chi connectivity index (χ3v) is 2.59. The van der Waals surface area contributed by atoms with Crippen LogP contribution >= 0.6 is 36.9 Å². The number of ether oxygens (including phenoxy) is 1. The number of pyridine rings is 1. The van der Waals surface area contributed by atoms with Gasteiger partial charge in [0.25, 0.3) is 0 Å². The van der Waals surface area contributed by atoms with Crippen molar-refractivity contribution in [2.75, 3.05) is 6.26 Å². The number of aromatic nitrogens is 1. The van der Waals surface area contributed by atoms with Crippen molar-refractivity contribution < 1.29 is 9.13 Å². The van der Waals surface area contributed by atoms with Crippen LogP contribution in [0.1, 0.15) is 0 Å². The summed E-state index contributed by atoms with van der Waals surface area (Å²) in [7, 11) is 1.91. The summed E-state index contributed by atoms with van der Waals surface area (Å²) in [5.74, 6) is 0.403. The predicted octanol–water partition coefficient (Wildman–Crippen LogP) is 3.07. The van der Waals surface area contributed by atoms with E-state index in [2.05, 4.69) is 20.9 Å². The van der Waals surface area contributed by atoms with Crippen LogP contribution in [0.3, 0.4) is 0 Å². The van der Waals surface area contributed by atoms with Gasteiger partial charge in [-0.05, 0) is 34.3 Å². The summed E-state index contributed by atoms with van der Waals surface area (Å²) in [6.07, 6.45) is 0.515. The molecule has 6 heteroatoms.